The van der Waals surface area contributed by atoms with Crippen LogP contribution in [0.5, 0.6) is 11.5 Å². The molecule has 3 rings (SSSR count). The first-order chi connectivity index (χ1) is 12.7. The molecular formula is C21H26N2O3. The highest BCUT2D eigenvalue weighted by atomic mass is 16.5. The zero-order valence-electron chi connectivity index (χ0n) is 15.5. The summed E-state index contributed by atoms with van der Waals surface area (Å²) in [6.07, 6.45) is 5.11. The molecule has 5 heteroatoms. The number of carbonyl (C=O) groups excluding carboxylic acids is 1. The van der Waals surface area contributed by atoms with Gasteiger partial charge in [-0.25, -0.2) is 0 Å². The molecule has 0 unspecified atom stereocenters. The van der Waals surface area contributed by atoms with E-state index in [0.717, 1.165) is 18.8 Å². The van der Waals surface area contributed by atoms with Crippen molar-refractivity contribution in [1.29, 1.82) is 0 Å². The summed E-state index contributed by atoms with van der Waals surface area (Å²) in [6.45, 7) is 2.21. The van der Waals surface area contributed by atoms with Crippen LogP contribution in [-0.2, 0) is 0 Å². The van der Waals surface area contributed by atoms with Crippen LogP contribution < -0.4 is 19.7 Å². The van der Waals surface area contributed by atoms with Crippen molar-refractivity contribution in [2.45, 2.75) is 25.7 Å². The summed E-state index contributed by atoms with van der Waals surface area (Å²) in [7, 11) is 3.12. The molecule has 0 aliphatic carbocycles. The Morgan fingerprint density at radius 3 is 2.23 bits per heavy atom. The predicted octanol–water partition coefficient (Wildman–Crippen LogP) is 4.34. The number of hydrogen-bond acceptors (Lipinski definition) is 4. The minimum Gasteiger partial charge on any atom is -0.497 e. The molecule has 1 aliphatic heterocycles. The van der Waals surface area contributed by atoms with Gasteiger partial charge in [-0.2, -0.15) is 0 Å². The minimum atomic E-state index is -0.219. The van der Waals surface area contributed by atoms with E-state index in [1.54, 1.807) is 32.4 Å². The third kappa shape index (κ3) is 4.28. The first kappa shape index (κ1) is 18.1. The number of nitrogens with one attached hydrogen (secondary N) is 1. The van der Waals surface area contributed by atoms with Gasteiger partial charge in [-0.1, -0.05) is 12.8 Å². The molecule has 2 aromatic rings. The van der Waals surface area contributed by atoms with E-state index in [-0.39, 0.29) is 5.91 Å². The Kier molecular flexibility index (Phi) is 6.00. The summed E-state index contributed by atoms with van der Waals surface area (Å²) < 4.78 is 10.5. The van der Waals surface area contributed by atoms with Crippen LogP contribution in [0.25, 0.3) is 0 Å². The highest BCUT2D eigenvalue weighted by Gasteiger charge is 2.15. The van der Waals surface area contributed by atoms with Gasteiger partial charge in [0, 0.05) is 24.5 Å². The van der Waals surface area contributed by atoms with Crippen LogP contribution in [0.15, 0.2) is 42.5 Å². The van der Waals surface area contributed by atoms with Gasteiger partial charge < -0.3 is 19.7 Å². The van der Waals surface area contributed by atoms with Crippen LogP contribution in [0, 0.1) is 0 Å². The van der Waals surface area contributed by atoms with E-state index in [1.165, 1.54) is 31.4 Å². The molecule has 138 valence electrons. The number of rotatable bonds is 5. The first-order valence-electron chi connectivity index (χ1n) is 9.09. The maximum atomic E-state index is 12.6. The normalized spacial score (nSPS) is 14.5. The lowest BCUT2D eigenvalue weighted by Gasteiger charge is -2.22. The Morgan fingerprint density at radius 2 is 1.62 bits per heavy atom. The second-order valence-electron chi connectivity index (χ2n) is 6.47. The molecule has 1 saturated heterocycles. The minimum absolute atomic E-state index is 0.219. The van der Waals surface area contributed by atoms with Crippen LogP contribution >= 0.6 is 0 Å². The van der Waals surface area contributed by atoms with E-state index in [1.807, 2.05) is 12.1 Å². The van der Waals surface area contributed by atoms with Crippen molar-refractivity contribution in [2.24, 2.45) is 0 Å². The number of methoxy groups -OCH3 is 2. The van der Waals surface area contributed by atoms with Gasteiger partial charge in [0.05, 0.1) is 19.8 Å². The third-order valence-electron chi connectivity index (χ3n) is 4.75. The zero-order valence-corrected chi connectivity index (χ0v) is 15.5. The van der Waals surface area contributed by atoms with E-state index in [4.69, 9.17) is 9.47 Å². The standard InChI is InChI=1S/C21H26N2O3/c1-25-18-11-12-20(26-2)19(15-18)21(24)22-16-7-9-17(10-8-16)23-13-5-3-4-6-14-23/h7-12,15H,3-6,13-14H2,1-2H3,(H,22,24). The van der Waals surface area contributed by atoms with Crippen LogP contribution in [-0.4, -0.2) is 33.2 Å². The number of anilines is 2. The molecule has 0 atom stereocenters. The lowest BCUT2D eigenvalue weighted by atomic mass is 10.1. The van der Waals surface area contributed by atoms with Crippen molar-refractivity contribution in [1.82, 2.24) is 0 Å². The average Bonchev–Trinajstić information content (AvgIpc) is 2.97. The molecule has 1 aliphatic rings. The number of nitrogens with zero attached hydrogens (tertiary/aromatic N) is 1. The first-order valence-corrected chi connectivity index (χ1v) is 9.09. The fraction of sp³-hybridized carbons (Fsp3) is 0.381. The Morgan fingerprint density at radius 1 is 0.923 bits per heavy atom. The van der Waals surface area contributed by atoms with Gasteiger partial charge in [-0.05, 0) is 55.3 Å². The highest BCUT2D eigenvalue weighted by Crippen LogP contribution is 2.26. The van der Waals surface area contributed by atoms with Gasteiger partial charge in [0.1, 0.15) is 11.5 Å². The summed E-state index contributed by atoms with van der Waals surface area (Å²) >= 11 is 0. The molecular weight excluding hydrogens is 328 g/mol. The summed E-state index contributed by atoms with van der Waals surface area (Å²) in [4.78, 5) is 15.1. The molecule has 5 nitrogen and oxygen atoms in total. The quantitative estimate of drug-likeness (QED) is 0.868. The Labute approximate surface area is 154 Å². The summed E-state index contributed by atoms with van der Waals surface area (Å²) in [5, 5.41) is 2.93. The van der Waals surface area contributed by atoms with Gasteiger partial charge in [-0.15, -0.1) is 0 Å². The highest BCUT2D eigenvalue weighted by molar-refractivity contribution is 6.06. The monoisotopic (exact) mass is 354 g/mol. The van der Waals surface area contributed by atoms with Crippen molar-refractivity contribution in [2.75, 3.05) is 37.5 Å². The predicted molar refractivity (Wildman–Crippen MR) is 105 cm³/mol. The maximum absolute atomic E-state index is 12.6. The van der Waals surface area contributed by atoms with Crippen LogP contribution in [0.2, 0.25) is 0 Å². The van der Waals surface area contributed by atoms with Crippen LogP contribution in [0.4, 0.5) is 11.4 Å². The molecule has 1 N–H and O–H groups in total. The lowest BCUT2D eigenvalue weighted by molar-refractivity contribution is 0.102. The lowest BCUT2D eigenvalue weighted by Crippen LogP contribution is -2.23. The molecule has 0 saturated carbocycles. The molecule has 1 fully saturated rings. The van der Waals surface area contributed by atoms with Crippen LogP contribution in [0.1, 0.15) is 36.0 Å². The van der Waals surface area contributed by atoms with E-state index < -0.39 is 0 Å². The third-order valence-corrected chi connectivity index (χ3v) is 4.75. The Bertz CT molecular complexity index is 735. The molecule has 0 aromatic heterocycles. The van der Waals surface area contributed by atoms with Gasteiger partial charge in [0.15, 0.2) is 0 Å². The number of amides is 1. The SMILES string of the molecule is COc1ccc(OC)c(C(=O)Nc2ccc(N3CCCCCC3)cc2)c1. The second kappa shape index (κ2) is 8.61. The fourth-order valence-electron chi connectivity index (χ4n) is 3.27. The van der Waals surface area contributed by atoms with Gasteiger partial charge in [0.25, 0.3) is 5.91 Å². The topological polar surface area (TPSA) is 50.8 Å². The molecule has 1 heterocycles. The summed E-state index contributed by atoms with van der Waals surface area (Å²) in [5.41, 5.74) is 2.42. The number of carbonyl (C=O) groups is 1. The van der Waals surface area contributed by atoms with Gasteiger partial charge >= 0.3 is 0 Å². The van der Waals surface area contributed by atoms with E-state index in [9.17, 15) is 4.79 Å². The molecule has 2 aromatic carbocycles. The van der Waals surface area contributed by atoms with Crippen LogP contribution in [0.3, 0.4) is 0 Å². The zero-order chi connectivity index (χ0) is 18.4. The largest absolute Gasteiger partial charge is 0.497 e. The molecule has 0 radical (unpaired) electrons. The van der Waals surface area contributed by atoms with Crippen molar-refractivity contribution in [3.05, 3.63) is 48.0 Å². The fourth-order valence-corrected chi connectivity index (χ4v) is 3.27. The second-order valence-corrected chi connectivity index (χ2v) is 6.47. The van der Waals surface area contributed by atoms with Crippen molar-refractivity contribution in [3.8, 4) is 11.5 Å². The Hall–Kier alpha value is -2.69. The van der Waals surface area contributed by atoms with Gasteiger partial charge in [0.2, 0.25) is 0 Å². The molecule has 26 heavy (non-hydrogen) atoms. The molecule has 0 bridgehead atoms. The van der Waals surface area contributed by atoms with E-state index in [2.05, 4.69) is 22.3 Å². The summed E-state index contributed by atoms with van der Waals surface area (Å²) in [6, 6.07) is 13.2. The smallest absolute Gasteiger partial charge is 0.259 e. The maximum Gasteiger partial charge on any atom is 0.259 e. The van der Waals surface area contributed by atoms with E-state index >= 15 is 0 Å². The average molecular weight is 354 g/mol. The number of hydrogen-bond donors (Lipinski definition) is 1. The molecule has 1 amide bonds. The van der Waals surface area contributed by atoms with Gasteiger partial charge in [-0.3, -0.25) is 4.79 Å². The van der Waals surface area contributed by atoms with E-state index in [0.29, 0.717) is 17.1 Å². The van der Waals surface area contributed by atoms with Crippen molar-refractivity contribution < 1.29 is 14.3 Å². The molecule has 0 spiro atoms. The number of ether oxygens (including phenoxy) is 2. The van der Waals surface area contributed by atoms with Crippen molar-refractivity contribution in [3.63, 3.8) is 0 Å². The van der Waals surface area contributed by atoms with Crippen molar-refractivity contribution >= 4 is 17.3 Å². The Balaban J connectivity index is 1.71. The number of benzene rings is 2. The summed E-state index contributed by atoms with van der Waals surface area (Å²) in [5.74, 6) is 0.917.